The zero-order valence-electron chi connectivity index (χ0n) is 10.7. The highest BCUT2D eigenvalue weighted by molar-refractivity contribution is 6.09. The maximum atomic E-state index is 12.9. The lowest BCUT2D eigenvalue weighted by atomic mass is 10.0. The number of fused-ring (bicyclic) bond motifs is 1. The molecule has 7 heteroatoms. The van der Waals surface area contributed by atoms with Gasteiger partial charge in [0.2, 0.25) is 0 Å². The molecule has 0 aromatic heterocycles. The van der Waals surface area contributed by atoms with E-state index in [2.05, 4.69) is 0 Å². The third-order valence-corrected chi connectivity index (χ3v) is 2.91. The Morgan fingerprint density at radius 1 is 1.14 bits per heavy atom. The summed E-state index contributed by atoms with van der Waals surface area (Å²) in [6, 6.07) is 9.32. The van der Waals surface area contributed by atoms with E-state index in [0.717, 1.165) is 0 Å². The van der Waals surface area contributed by atoms with Crippen molar-refractivity contribution in [3.05, 3.63) is 42.0 Å². The third-order valence-electron chi connectivity index (χ3n) is 2.91. The number of hydrogen-bond donors (Lipinski definition) is 2. The topological polar surface area (TPSA) is 59.1 Å². The molecule has 21 heavy (non-hydrogen) atoms. The molecule has 0 aliphatic heterocycles. The van der Waals surface area contributed by atoms with Crippen LogP contribution in [0.15, 0.2) is 36.4 Å². The molecule has 3 N–H and O–H groups in total. The fourth-order valence-corrected chi connectivity index (χ4v) is 1.87. The van der Waals surface area contributed by atoms with Crippen molar-refractivity contribution in [2.45, 2.75) is 12.3 Å². The summed E-state index contributed by atoms with van der Waals surface area (Å²) in [6.45, 7) is -1.42. The van der Waals surface area contributed by atoms with Crippen LogP contribution in [0.4, 0.5) is 17.6 Å². The standard InChI is InChI=1S/C14H12F4N2O/c15-13(16)14(17,18)7-21-11-6-5-10(12(19)20)8-3-1-2-4-9(8)11/h1-6,13H,7H2,(H3,19,20). The van der Waals surface area contributed by atoms with Crippen LogP contribution in [0.3, 0.4) is 0 Å². The van der Waals surface area contributed by atoms with Gasteiger partial charge in [0, 0.05) is 10.9 Å². The molecule has 0 radical (unpaired) electrons. The SMILES string of the molecule is N=C(N)c1ccc(OCC(F)(F)C(F)F)c2ccccc12. The van der Waals surface area contributed by atoms with Gasteiger partial charge in [-0.15, -0.1) is 0 Å². The molecule has 0 aliphatic carbocycles. The predicted octanol–water partition coefficient (Wildman–Crippen LogP) is 3.40. The highest BCUT2D eigenvalue weighted by Gasteiger charge is 2.41. The van der Waals surface area contributed by atoms with E-state index >= 15 is 0 Å². The molecule has 0 aliphatic rings. The summed E-state index contributed by atoms with van der Waals surface area (Å²) in [5, 5.41) is 8.42. The first-order valence-corrected chi connectivity index (χ1v) is 5.98. The molecule has 0 saturated carbocycles. The van der Waals surface area contributed by atoms with Gasteiger partial charge in [-0.3, -0.25) is 5.41 Å². The molecule has 0 saturated heterocycles. The monoisotopic (exact) mass is 300 g/mol. The minimum Gasteiger partial charge on any atom is -0.486 e. The average molecular weight is 300 g/mol. The van der Waals surface area contributed by atoms with E-state index in [4.69, 9.17) is 15.9 Å². The first kappa shape index (κ1) is 15.1. The van der Waals surface area contributed by atoms with Gasteiger partial charge in [0.15, 0.2) is 6.61 Å². The minimum absolute atomic E-state index is 0.0379. The smallest absolute Gasteiger partial charge is 0.340 e. The fraction of sp³-hybridized carbons (Fsp3) is 0.214. The Hall–Kier alpha value is -2.31. The van der Waals surface area contributed by atoms with E-state index in [-0.39, 0.29) is 11.6 Å². The summed E-state index contributed by atoms with van der Waals surface area (Å²) in [4.78, 5) is 0. The molecule has 112 valence electrons. The summed E-state index contributed by atoms with van der Waals surface area (Å²) in [7, 11) is 0. The number of rotatable bonds is 5. The molecular formula is C14H12F4N2O. The van der Waals surface area contributed by atoms with E-state index in [1.54, 1.807) is 24.3 Å². The van der Waals surface area contributed by atoms with Crippen LogP contribution in [0.1, 0.15) is 5.56 Å². The summed E-state index contributed by atoms with van der Waals surface area (Å²) < 4.78 is 54.9. The molecular weight excluding hydrogens is 288 g/mol. The van der Waals surface area contributed by atoms with Gasteiger partial charge in [-0.25, -0.2) is 8.78 Å². The van der Waals surface area contributed by atoms with Crippen molar-refractivity contribution < 1.29 is 22.3 Å². The Labute approximate surface area is 117 Å². The second kappa shape index (κ2) is 5.59. The van der Waals surface area contributed by atoms with Crippen LogP contribution in [0.2, 0.25) is 0 Å². The zero-order chi connectivity index (χ0) is 15.6. The number of benzene rings is 2. The zero-order valence-corrected chi connectivity index (χ0v) is 10.7. The van der Waals surface area contributed by atoms with Crippen molar-refractivity contribution >= 4 is 16.6 Å². The number of alkyl halides is 4. The van der Waals surface area contributed by atoms with Crippen LogP contribution in [0, 0.1) is 5.41 Å². The molecule has 0 unspecified atom stereocenters. The molecule has 2 rings (SSSR count). The fourth-order valence-electron chi connectivity index (χ4n) is 1.87. The minimum atomic E-state index is -4.22. The highest BCUT2D eigenvalue weighted by atomic mass is 19.3. The Morgan fingerprint density at radius 3 is 2.33 bits per heavy atom. The molecule has 0 amide bonds. The summed E-state index contributed by atoms with van der Waals surface area (Å²) in [5.74, 6) is -4.37. The highest BCUT2D eigenvalue weighted by Crippen LogP contribution is 2.30. The third kappa shape index (κ3) is 3.07. The van der Waals surface area contributed by atoms with Crippen LogP contribution < -0.4 is 10.5 Å². The van der Waals surface area contributed by atoms with Crippen LogP contribution in [-0.2, 0) is 0 Å². The first-order chi connectivity index (χ1) is 9.83. The Morgan fingerprint density at radius 2 is 1.76 bits per heavy atom. The van der Waals surface area contributed by atoms with Gasteiger partial charge in [-0.2, -0.15) is 8.78 Å². The number of nitrogens with one attached hydrogen (secondary N) is 1. The van der Waals surface area contributed by atoms with E-state index < -0.39 is 19.0 Å². The normalized spacial score (nSPS) is 11.9. The summed E-state index contributed by atoms with van der Waals surface area (Å²) in [6.07, 6.45) is -3.79. The lowest BCUT2D eigenvalue weighted by Gasteiger charge is -2.17. The lowest BCUT2D eigenvalue weighted by Crippen LogP contribution is -2.33. The molecule has 0 bridgehead atoms. The molecule has 0 heterocycles. The second-order valence-corrected chi connectivity index (χ2v) is 4.42. The van der Waals surface area contributed by atoms with E-state index in [9.17, 15) is 17.6 Å². The number of amidine groups is 1. The van der Waals surface area contributed by atoms with Gasteiger partial charge in [0.1, 0.15) is 11.6 Å². The van der Waals surface area contributed by atoms with Crippen molar-refractivity contribution in [3.8, 4) is 5.75 Å². The Bertz CT molecular complexity index is 673. The quantitative estimate of drug-likeness (QED) is 0.505. The average Bonchev–Trinajstić information content (AvgIpc) is 2.44. The molecule has 0 spiro atoms. The Balaban J connectivity index is 2.38. The molecule has 0 fully saturated rings. The largest absolute Gasteiger partial charge is 0.486 e. The maximum absolute atomic E-state index is 12.9. The van der Waals surface area contributed by atoms with Gasteiger partial charge in [-0.1, -0.05) is 24.3 Å². The van der Waals surface area contributed by atoms with Gasteiger partial charge in [0.05, 0.1) is 0 Å². The van der Waals surface area contributed by atoms with E-state index in [0.29, 0.717) is 16.3 Å². The van der Waals surface area contributed by atoms with Crippen LogP contribution >= 0.6 is 0 Å². The van der Waals surface area contributed by atoms with E-state index in [1.807, 2.05) is 0 Å². The Kier molecular flexibility index (Phi) is 4.02. The van der Waals surface area contributed by atoms with Crippen LogP contribution in [0.5, 0.6) is 5.75 Å². The van der Waals surface area contributed by atoms with Crippen LogP contribution in [-0.4, -0.2) is 24.8 Å². The number of halogens is 4. The van der Waals surface area contributed by atoms with Gasteiger partial charge in [-0.05, 0) is 17.5 Å². The van der Waals surface area contributed by atoms with Crippen molar-refractivity contribution in [2.24, 2.45) is 5.73 Å². The summed E-state index contributed by atoms with van der Waals surface area (Å²) in [5.41, 5.74) is 5.85. The first-order valence-electron chi connectivity index (χ1n) is 5.98. The van der Waals surface area contributed by atoms with Gasteiger partial charge < -0.3 is 10.5 Å². The van der Waals surface area contributed by atoms with Crippen molar-refractivity contribution in [3.63, 3.8) is 0 Å². The van der Waals surface area contributed by atoms with Crippen molar-refractivity contribution in [1.29, 1.82) is 5.41 Å². The molecule has 3 nitrogen and oxygen atoms in total. The second-order valence-electron chi connectivity index (χ2n) is 4.42. The van der Waals surface area contributed by atoms with Crippen LogP contribution in [0.25, 0.3) is 10.8 Å². The van der Waals surface area contributed by atoms with E-state index in [1.165, 1.54) is 12.1 Å². The summed E-state index contributed by atoms with van der Waals surface area (Å²) >= 11 is 0. The molecule has 0 atom stereocenters. The van der Waals surface area contributed by atoms with Crippen molar-refractivity contribution in [1.82, 2.24) is 0 Å². The number of ether oxygens (including phenoxy) is 1. The number of nitrogens with two attached hydrogens (primary N) is 1. The predicted molar refractivity (Wildman–Crippen MR) is 71.4 cm³/mol. The number of nitrogen functional groups attached to an aromatic ring is 1. The number of hydrogen-bond acceptors (Lipinski definition) is 2. The molecule has 2 aromatic rings. The van der Waals surface area contributed by atoms with Gasteiger partial charge in [0.25, 0.3) is 0 Å². The van der Waals surface area contributed by atoms with Gasteiger partial charge >= 0.3 is 12.3 Å². The molecule has 2 aromatic carbocycles. The van der Waals surface area contributed by atoms with Crippen molar-refractivity contribution in [2.75, 3.05) is 6.61 Å². The maximum Gasteiger partial charge on any atom is 0.340 e. The lowest BCUT2D eigenvalue weighted by molar-refractivity contribution is -0.148.